The van der Waals surface area contributed by atoms with Gasteiger partial charge in [-0.05, 0) is 30.3 Å². The molecular formula is C21H14O6. The summed E-state index contributed by atoms with van der Waals surface area (Å²) in [5.41, 5.74) is 0.345. The molecule has 0 saturated heterocycles. The number of hydrogen-bond acceptors (Lipinski definition) is 6. The number of ketones is 1. The van der Waals surface area contributed by atoms with Crippen LogP contribution >= 0.6 is 0 Å². The van der Waals surface area contributed by atoms with E-state index in [1.54, 1.807) is 48.5 Å². The number of benzene rings is 3. The zero-order valence-corrected chi connectivity index (χ0v) is 14.0. The van der Waals surface area contributed by atoms with E-state index in [2.05, 4.69) is 4.89 Å². The molecule has 1 N–H and O–H groups in total. The van der Waals surface area contributed by atoms with E-state index in [1.807, 2.05) is 0 Å². The topological polar surface area (TPSA) is 89.9 Å². The lowest BCUT2D eigenvalue weighted by Crippen LogP contribution is -2.14. The fourth-order valence-corrected chi connectivity index (χ4v) is 2.53. The van der Waals surface area contributed by atoms with E-state index in [4.69, 9.17) is 9.99 Å². The first kappa shape index (κ1) is 18.0. The Morgan fingerprint density at radius 2 is 1.19 bits per heavy atom. The second-order valence-electron chi connectivity index (χ2n) is 5.51. The molecule has 0 fully saturated rings. The average Bonchev–Trinajstić information content (AvgIpc) is 2.73. The van der Waals surface area contributed by atoms with Crippen molar-refractivity contribution >= 4 is 17.7 Å². The molecule has 0 aliphatic carbocycles. The van der Waals surface area contributed by atoms with Gasteiger partial charge in [-0.3, -0.25) is 9.68 Å². The Morgan fingerprint density at radius 1 is 0.630 bits per heavy atom. The molecule has 0 bridgehead atoms. The summed E-state index contributed by atoms with van der Waals surface area (Å²) in [6, 6.07) is 20.4. The van der Waals surface area contributed by atoms with Crippen molar-refractivity contribution in [2.45, 2.75) is 0 Å². The number of ether oxygens (including phenoxy) is 1. The molecule has 0 aliphatic heterocycles. The van der Waals surface area contributed by atoms with E-state index in [-0.39, 0.29) is 22.4 Å². The van der Waals surface area contributed by atoms with Crippen molar-refractivity contribution < 1.29 is 29.3 Å². The Kier molecular flexibility index (Phi) is 5.39. The quantitative estimate of drug-likeness (QED) is 0.244. The van der Waals surface area contributed by atoms with E-state index in [9.17, 15) is 14.4 Å². The first-order chi connectivity index (χ1) is 13.1. The van der Waals surface area contributed by atoms with Gasteiger partial charge in [0.05, 0.1) is 16.7 Å². The normalized spacial score (nSPS) is 10.1. The van der Waals surface area contributed by atoms with Gasteiger partial charge >= 0.3 is 11.9 Å². The molecular weight excluding hydrogens is 348 g/mol. The highest BCUT2D eigenvalue weighted by molar-refractivity contribution is 6.16. The van der Waals surface area contributed by atoms with Crippen molar-refractivity contribution in [1.29, 1.82) is 0 Å². The van der Waals surface area contributed by atoms with Gasteiger partial charge in [-0.2, -0.15) is 5.26 Å². The molecule has 3 aromatic carbocycles. The number of rotatable bonds is 5. The summed E-state index contributed by atoms with van der Waals surface area (Å²) < 4.78 is 5.38. The van der Waals surface area contributed by atoms with E-state index in [0.29, 0.717) is 5.56 Å². The average molecular weight is 362 g/mol. The minimum absolute atomic E-state index is 0.0137. The van der Waals surface area contributed by atoms with Gasteiger partial charge in [0.1, 0.15) is 5.75 Å². The van der Waals surface area contributed by atoms with E-state index < -0.39 is 17.7 Å². The SMILES string of the molecule is O=C(Oc1ccccc1C(=O)c1ccccc1C(=O)OO)c1ccccc1. The lowest BCUT2D eigenvalue weighted by molar-refractivity contribution is -0.182. The largest absolute Gasteiger partial charge is 0.422 e. The van der Waals surface area contributed by atoms with Crippen LogP contribution in [0.5, 0.6) is 5.75 Å². The summed E-state index contributed by atoms with van der Waals surface area (Å²) in [6.45, 7) is 0. The zero-order valence-electron chi connectivity index (χ0n) is 14.0. The predicted octanol–water partition coefficient (Wildman–Crippen LogP) is 3.77. The predicted molar refractivity (Wildman–Crippen MR) is 95.8 cm³/mol. The first-order valence-electron chi connectivity index (χ1n) is 7.97. The van der Waals surface area contributed by atoms with Crippen LogP contribution in [0.1, 0.15) is 36.6 Å². The number of hydrogen-bond donors (Lipinski definition) is 1. The molecule has 0 unspecified atom stereocenters. The molecule has 3 rings (SSSR count). The molecule has 3 aromatic rings. The number of para-hydroxylation sites is 1. The second kappa shape index (κ2) is 8.07. The van der Waals surface area contributed by atoms with Crippen LogP contribution in [0.3, 0.4) is 0 Å². The van der Waals surface area contributed by atoms with Crippen molar-refractivity contribution in [3.8, 4) is 5.75 Å². The third-order valence-electron chi connectivity index (χ3n) is 3.82. The first-order valence-corrected chi connectivity index (χ1v) is 7.97. The molecule has 0 heterocycles. The van der Waals surface area contributed by atoms with Crippen LogP contribution in [-0.4, -0.2) is 23.0 Å². The van der Waals surface area contributed by atoms with Gasteiger partial charge < -0.3 is 4.74 Å². The lowest BCUT2D eigenvalue weighted by atomic mass is 9.98. The molecule has 0 saturated carbocycles. The molecule has 0 atom stereocenters. The third-order valence-corrected chi connectivity index (χ3v) is 3.82. The molecule has 0 amide bonds. The molecule has 6 heteroatoms. The number of carbonyl (C=O) groups excluding carboxylic acids is 3. The van der Waals surface area contributed by atoms with Crippen LogP contribution in [0.15, 0.2) is 78.9 Å². The zero-order chi connectivity index (χ0) is 19.2. The van der Waals surface area contributed by atoms with Crippen LogP contribution in [0.25, 0.3) is 0 Å². The third kappa shape index (κ3) is 3.91. The molecule has 134 valence electrons. The highest BCUT2D eigenvalue weighted by Crippen LogP contribution is 2.24. The Labute approximate surface area is 154 Å². The van der Waals surface area contributed by atoms with Crippen LogP contribution in [0, 0.1) is 0 Å². The summed E-state index contributed by atoms with van der Waals surface area (Å²) in [5.74, 6) is -2.16. The van der Waals surface area contributed by atoms with Crippen molar-refractivity contribution in [3.05, 3.63) is 101 Å². The maximum atomic E-state index is 12.9. The van der Waals surface area contributed by atoms with Gasteiger partial charge in [0.15, 0.2) is 5.78 Å². The second-order valence-corrected chi connectivity index (χ2v) is 5.51. The highest BCUT2D eigenvalue weighted by atomic mass is 17.1. The smallest absolute Gasteiger partial charge is 0.373 e. The Bertz CT molecular complexity index is 994. The molecule has 0 spiro atoms. The van der Waals surface area contributed by atoms with Crippen LogP contribution in [0.4, 0.5) is 0 Å². The fraction of sp³-hybridized carbons (Fsp3) is 0. The van der Waals surface area contributed by atoms with Gasteiger partial charge in [-0.1, -0.05) is 48.5 Å². The summed E-state index contributed by atoms with van der Waals surface area (Å²) in [5, 5.41) is 8.63. The molecule has 27 heavy (non-hydrogen) atoms. The van der Waals surface area contributed by atoms with E-state index >= 15 is 0 Å². The van der Waals surface area contributed by atoms with Crippen molar-refractivity contribution in [1.82, 2.24) is 0 Å². The maximum absolute atomic E-state index is 12.9. The van der Waals surface area contributed by atoms with Gasteiger partial charge in [0.25, 0.3) is 0 Å². The van der Waals surface area contributed by atoms with Gasteiger partial charge in [-0.25, -0.2) is 9.59 Å². The van der Waals surface area contributed by atoms with E-state index in [0.717, 1.165) is 0 Å². The van der Waals surface area contributed by atoms with Crippen LogP contribution in [0.2, 0.25) is 0 Å². The molecule has 0 aromatic heterocycles. The van der Waals surface area contributed by atoms with E-state index in [1.165, 1.54) is 30.3 Å². The van der Waals surface area contributed by atoms with Gasteiger partial charge in [0.2, 0.25) is 0 Å². The monoisotopic (exact) mass is 362 g/mol. The highest BCUT2D eigenvalue weighted by Gasteiger charge is 2.22. The van der Waals surface area contributed by atoms with Gasteiger partial charge in [-0.15, -0.1) is 0 Å². The Balaban J connectivity index is 1.96. The van der Waals surface area contributed by atoms with Gasteiger partial charge in [0, 0.05) is 5.56 Å². The number of esters is 1. The summed E-state index contributed by atoms with van der Waals surface area (Å²) >= 11 is 0. The van der Waals surface area contributed by atoms with Crippen molar-refractivity contribution in [2.24, 2.45) is 0 Å². The lowest BCUT2D eigenvalue weighted by Gasteiger charge is -2.11. The Morgan fingerprint density at radius 3 is 1.85 bits per heavy atom. The van der Waals surface area contributed by atoms with Crippen LogP contribution in [-0.2, 0) is 4.89 Å². The van der Waals surface area contributed by atoms with Crippen molar-refractivity contribution in [3.63, 3.8) is 0 Å². The fourth-order valence-electron chi connectivity index (χ4n) is 2.53. The standard InChI is InChI=1S/C21H14O6/c22-19(15-10-4-5-11-16(15)21(24)27-25)17-12-6-7-13-18(17)26-20(23)14-8-2-1-3-9-14/h1-13,25H. The Hall–Kier alpha value is -3.77. The number of carbonyl (C=O) groups is 3. The molecule has 0 radical (unpaired) electrons. The minimum Gasteiger partial charge on any atom is -0.422 e. The molecule has 6 nitrogen and oxygen atoms in total. The maximum Gasteiger partial charge on any atom is 0.373 e. The minimum atomic E-state index is -1.06. The molecule has 0 aliphatic rings. The summed E-state index contributed by atoms with van der Waals surface area (Å²) in [4.78, 5) is 40.7. The summed E-state index contributed by atoms with van der Waals surface area (Å²) in [6.07, 6.45) is 0. The van der Waals surface area contributed by atoms with Crippen LogP contribution < -0.4 is 4.74 Å². The summed E-state index contributed by atoms with van der Waals surface area (Å²) in [7, 11) is 0. The van der Waals surface area contributed by atoms with Crippen molar-refractivity contribution in [2.75, 3.05) is 0 Å².